The number of hydrogen-bond acceptors (Lipinski definition) is 9. The van der Waals surface area contributed by atoms with E-state index in [4.69, 9.17) is 14.2 Å². The Kier molecular flexibility index (Phi) is 4.47. The molecule has 1 aromatic rings. The highest BCUT2D eigenvalue weighted by Crippen LogP contribution is 2.59. The first kappa shape index (κ1) is 20.7. The summed E-state index contributed by atoms with van der Waals surface area (Å²) in [6.45, 7) is 3.81. The van der Waals surface area contributed by atoms with Crippen LogP contribution in [0.3, 0.4) is 0 Å². The number of benzene rings is 1. The fraction of sp³-hybridized carbons (Fsp3) is 0.400. The van der Waals surface area contributed by atoms with Crippen LogP contribution in [0.5, 0.6) is 0 Å². The summed E-state index contributed by atoms with van der Waals surface area (Å²) >= 11 is 0. The van der Waals surface area contributed by atoms with Gasteiger partial charge < -0.3 is 14.2 Å². The third kappa shape index (κ3) is 2.92. The van der Waals surface area contributed by atoms with Crippen LogP contribution in [0, 0.1) is 22.0 Å². The number of nitro groups is 1. The van der Waals surface area contributed by atoms with Gasteiger partial charge in [0.05, 0.1) is 28.0 Å². The van der Waals surface area contributed by atoms with E-state index in [9.17, 15) is 29.3 Å². The molecule has 2 fully saturated rings. The van der Waals surface area contributed by atoms with E-state index in [-0.39, 0.29) is 11.4 Å². The molecule has 11 heteroatoms. The summed E-state index contributed by atoms with van der Waals surface area (Å²) in [4.78, 5) is 61.4. The molecule has 0 spiro atoms. The maximum atomic E-state index is 13.4. The molecular weight excluding hydrogens is 412 g/mol. The summed E-state index contributed by atoms with van der Waals surface area (Å²) in [7, 11) is 0. The Hall–Kier alpha value is -3.60. The lowest BCUT2D eigenvalue weighted by molar-refractivity contribution is -0.384. The van der Waals surface area contributed by atoms with Crippen molar-refractivity contribution in [2.24, 2.45) is 11.8 Å². The number of nitro benzene ring substituents is 1. The number of carbonyl (C=O) groups excluding carboxylic acids is 4. The smallest absolute Gasteiger partial charge is 0.305 e. The molecule has 3 heterocycles. The van der Waals surface area contributed by atoms with E-state index in [0.29, 0.717) is 0 Å². The topological polar surface area (TPSA) is 142 Å². The molecule has 2 bridgehead atoms. The number of carbonyl (C=O) groups is 4. The molecule has 3 aliphatic heterocycles. The van der Waals surface area contributed by atoms with E-state index in [1.165, 1.54) is 24.3 Å². The molecule has 2 amide bonds. The Bertz CT molecular complexity index is 1050. The van der Waals surface area contributed by atoms with Crippen LogP contribution < -0.4 is 4.90 Å². The number of nitrogens with zero attached hydrogens (tertiary/aromatic N) is 2. The maximum Gasteiger partial charge on any atom is 0.305 e. The molecule has 162 valence electrons. The quantitative estimate of drug-likeness (QED) is 0.168. The number of non-ortho nitro benzene ring substituents is 1. The fourth-order valence-electron chi connectivity index (χ4n) is 4.56. The molecule has 3 aliphatic rings. The average molecular weight is 430 g/mol. The van der Waals surface area contributed by atoms with Crippen LogP contribution >= 0.6 is 0 Å². The molecule has 0 radical (unpaired) electrons. The fourth-order valence-corrected chi connectivity index (χ4v) is 4.56. The highest BCUT2D eigenvalue weighted by Gasteiger charge is 2.76. The van der Waals surface area contributed by atoms with Gasteiger partial charge in [0.25, 0.3) is 12.0 Å². The summed E-state index contributed by atoms with van der Waals surface area (Å²) in [5, 5.41) is 11.1. The van der Waals surface area contributed by atoms with E-state index in [0.717, 1.165) is 24.8 Å². The van der Waals surface area contributed by atoms with E-state index in [2.05, 4.69) is 0 Å². The highest BCUT2D eigenvalue weighted by molar-refractivity contribution is 6.23. The molecule has 0 aromatic heterocycles. The number of rotatable bonds is 5. The zero-order chi connectivity index (χ0) is 22.7. The summed E-state index contributed by atoms with van der Waals surface area (Å²) in [5.74, 6) is -5.04. The Morgan fingerprint density at radius 1 is 1.13 bits per heavy atom. The van der Waals surface area contributed by atoms with Crippen molar-refractivity contribution in [1.29, 1.82) is 0 Å². The van der Waals surface area contributed by atoms with Crippen molar-refractivity contribution in [3.05, 3.63) is 46.5 Å². The second-order valence-corrected chi connectivity index (χ2v) is 7.77. The number of hydrogen-bond donors (Lipinski definition) is 0. The standard InChI is InChI=1S/C20H18N2O9/c1-10(23)29-18(30-11(2)24)20-8-7-19(3,31-20)14-15(20)17(26)21(16(14)25)12-5-4-6-13(9-12)22(27)28/h4-9,14-15,18H,1-3H3/t14-,15+,19-,20+/m0/s1. The number of ether oxygens (including phenoxy) is 3. The first-order chi connectivity index (χ1) is 14.5. The van der Waals surface area contributed by atoms with Crippen molar-refractivity contribution in [2.75, 3.05) is 4.90 Å². The van der Waals surface area contributed by atoms with Gasteiger partial charge in [0, 0.05) is 26.0 Å². The molecule has 0 unspecified atom stereocenters. The summed E-state index contributed by atoms with van der Waals surface area (Å²) in [6.07, 6.45) is 1.43. The Morgan fingerprint density at radius 2 is 1.74 bits per heavy atom. The molecule has 1 aromatic carbocycles. The SMILES string of the molecule is CC(=O)OC(OC(C)=O)[C@]12C=C[C@](C)(O1)[C@@H]1C(=O)N(c3cccc([N+](=O)[O-])c3)C(=O)[C@@H]12. The monoisotopic (exact) mass is 430 g/mol. The first-order valence-corrected chi connectivity index (χ1v) is 9.37. The van der Waals surface area contributed by atoms with Gasteiger partial charge in [-0.2, -0.15) is 0 Å². The highest BCUT2D eigenvalue weighted by atomic mass is 16.7. The van der Waals surface area contributed by atoms with E-state index >= 15 is 0 Å². The second kappa shape index (κ2) is 6.71. The minimum atomic E-state index is -1.71. The molecule has 0 saturated carbocycles. The van der Waals surface area contributed by atoms with Gasteiger partial charge in [-0.1, -0.05) is 12.1 Å². The number of imide groups is 1. The van der Waals surface area contributed by atoms with Crippen LogP contribution in [-0.4, -0.2) is 46.2 Å². The molecular formula is C20H18N2O9. The van der Waals surface area contributed by atoms with Gasteiger partial charge in [-0.05, 0) is 19.1 Å². The van der Waals surface area contributed by atoms with E-state index in [1.54, 1.807) is 13.0 Å². The van der Waals surface area contributed by atoms with Gasteiger partial charge in [-0.3, -0.25) is 29.3 Å². The van der Waals surface area contributed by atoms with Crippen molar-refractivity contribution in [3.63, 3.8) is 0 Å². The number of esters is 2. The van der Waals surface area contributed by atoms with Crippen LogP contribution in [0.1, 0.15) is 20.8 Å². The van der Waals surface area contributed by atoms with E-state index < -0.39 is 58.0 Å². The van der Waals surface area contributed by atoms with Crippen molar-refractivity contribution in [2.45, 2.75) is 38.3 Å². The lowest BCUT2D eigenvalue weighted by Crippen LogP contribution is -2.52. The van der Waals surface area contributed by atoms with Gasteiger partial charge in [0.15, 0.2) is 5.60 Å². The Labute approximate surface area is 175 Å². The normalized spacial score (nSPS) is 30.6. The summed E-state index contributed by atoms with van der Waals surface area (Å²) in [6, 6.07) is 5.13. The third-order valence-corrected chi connectivity index (χ3v) is 5.69. The lowest BCUT2D eigenvalue weighted by Gasteiger charge is -2.34. The number of anilines is 1. The molecule has 0 aliphatic carbocycles. The molecule has 0 N–H and O–H groups in total. The van der Waals surface area contributed by atoms with Crippen LogP contribution in [0.4, 0.5) is 11.4 Å². The van der Waals surface area contributed by atoms with Crippen molar-refractivity contribution >= 4 is 35.1 Å². The van der Waals surface area contributed by atoms with Gasteiger partial charge in [-0.15, -0.1) is 0 Å². The van der Waals surface area contributed by atoms with Gasteiger partial charge in [0.2, 0.25) is 11.8 Å². The molecule has 4 atom stereocenters. The first-order valence-electron chi connectivity index (χ1n) is 9.37. The molecule has 31 heavy (non-hydrogen) atoms. The Balaban J connectivity index is 1.79. The third-order valence-electron chi connectivity index (χ3n) is 5.69. The summed E-state index contributed by atoms with van der Waals surface area (Å²) in [5.41, 5.74) is -3.19. The molecule has 2 saturated heterocycles. The second-order valence-electron chi connectivity index (χ2n) is 7.77. The van der Waals surface area contributed by atoms with Crippen LogP contribution in [0.2, 0.25) is 0 Å². The zero-order valence-corrected chi connectivity index (χ0v) is 16.8. The van der Waals surface area contributed by atoms with Crippen LogP contribution in [0.25, 0.3) is 0 Å². The predicted molar refractivity (Wildman–Crippen MR) is 101 cm³/mol. The van der Waals surface area contributed by atoms with E-state index in [1.807, 2.05) is 0 Å². The lowest BCUT2D eigenvalue weighted by atomic mass is 9.72. The van der Waals surface area contributed by atoms with Gasteiger partial charge in [-0.25, -0.2) is 4.90 Å². The van der Waals surface area contributed by atoms with Crippen molar-refractivity contribution in [3.8, 4) is 0 Å². The average Bonchev–Trinajstić information content (AvgIpc) is 3.26. The van der Waals surface area contributed by atoms with Gasteiger partial charge in [0.1, 0.15) is 0 Å². The minimum Gasteiger partial charge on any atom is -0.422 e. The molecule has 11 nitrogen and oxygen atoms in total. The number of amides is 2. The summed E-state index contributed by atoms with van der Waals surface area (Å²) < 4.78 is 16.4. The van der Waals surface area contributed by atoms with Gasteiger partial charge >= 0.3 is 11.9 Å². The maximum absolute atomic E-state index is 13.4. The van der Waals surface area contributed by atoms with Crippen LogP contribution in [0.15, 0.2) is 36.4 Å². The van der Waals surface area contributed by atoms with Crippen molar-refractivity contribution < 1.29 is 38.3 Å². The largest absolute Gasteiger partial charge is 0.422 e. The van der Waals surface area contributed by atoms with Crippen LogP contribution in [-0.2, 0) is 33.4 Å². The Morgan fingerprint density at radius 3 is 2.32 bits per heavy atom. The minimum absolute atomic E-state index is 0.0354. The molecule has 4 rings (SSSR count). The van der Waals surface area contributed by atoms with Crippen molar-refractivity contribution in [1.82, 2.24) is 0 Å². The predicted octanol–water partition coefficient (Wildman–Crippen LogP) is 1.25. The number of fused-ring (bicyclic) bond motifs is 5. The zero-order valence-electron chi connectivity index (χ0n) is 16.8.